The van der Waals surface area contributed by atoms with E-state index in [0.717, 1.165) is 11.3 Å². The molecular formula is C13H21N3O4S2. The number of sulfonamides is 1. The summed E-state index contributed by atoms with van der Waals surface area (Å²) in [5.74, 6) is -0.171. The largest absolute Gasteiger partial charge is 0.383 e. The van der Waals surface area contributed by atoms with Crippen molar-refractivity contribution in [1.29, 1.82) is 0 Å². The molecule has 1 atom stereocenters. The summed E-state index contributed by atoms with van der Waals surface area (Å²) in [4.78, 5) is 18.6. The Hall–Kier alpha value is -1.03. The molecule has 0 saturated carbocycles. The van der Waals surface area contributed by atoms with Gasteiger partial charge in [0.15, 0.2) is 0 Å². The molecule has 1 aromatic heterocycles. The van der Waals surface area contributed by atoms with Gasteiger partial charge < -0.3 is 9.64 Å². The summed E-state index contributed by atoms with van der Waals surface area (Å²) in [6.45, 7) is 1.62. The number of thiazole rings is 1. The van der Waals surface area contributed by atoms with Crippen molar-refractivity contribution in [3.63, 3.8) is 0 Å². The number of carbonyl (C=O) groups excluding carboxylic acids is 1. The van der Waals surface area contributed by atoms with Crippen LogP contribution in [0.2, 0.25) is 0 Å². The fourth-order valence-electron chi connectivity index (χ4n) is 2.56. The smallest absolute Gasteiger partial charge is 0.241 e. The van der Waals surface area contributed by atoms with E-state index < -0.39 is 16.1 Å². The molecule has 0 unspecified atom stereocenters. The van der Waals surface area contributed by atoms with Crippen LogP contribution in [0.4, 0.5) is 0 Å². The summed E-state index contributed by atoms with van der Waals surface area (Å²) in [6.07, 6.45) is 4.11. The lowest BCUT2D eigenvalue weighted by Gasteiger charge is -2.28. The normalized spacial score (nSPS) is 19.5. The highest BCUT2D eigenvalue weighted by Gasteiger charge is 2.38. The summed E-state index contributed by atoms with van der Waals surface area (Å²) in [7, 11) is -1.80. The molecule has 2 heterocycles. The third-order valence-electron chi connectivity index (χ3n) is 3.60. The van der Waals surface area contributed by atoms with Crippen molar-refractivity contribution in [2.45, 2.75) is 25.4 Å². The van der Waals surface area contributed by atoms with E-state index in [9.17, 15) is 13.2 Å². The van der Waals surface area contributed by atoms with Gasteiger partial charge in [0.1, 0.15) is 11.0 Å². The van der Waals surface area contributed by atoms with E-state index in [4.69, 9.17) is 4.74 Å². The standard InChI is InChI=1S/C13H21N3O4S2/c1-20-8-7-15(10-12-14-5-9-21-12)13(17)11-4-3-6-16(11)22(2,18)19/h5,9,11H,3-4,6-8,10H2,1-2H3/t11-/m0/s1. The Bertz CT molecular complexity index is 588. The fourth-order valence-corrected chi connectivity index (χ4v) is 4.31. The molecular weight excluding hydrogens is 326 g/mol. The van der Waals surface area contributed by atoms with Crippen LogP contribution in [0.15, 0.2) is 11.6 Å². The van der Waals surface area contributed by atoms with Gasteiger partial charge in [0, 0.05) is 31.8 Å². The minimum atomic E-state index is -3.37. The van der Waals surface area contributed by atoms with Gasteiger partial charge in [-0.1, -0.05) is 0 Å². The highest BCUT2D eigenvalue weighted by Crippen LogP contribution is 2.23. The van der Waals surface area contributed by atoms with Crippen molar-refractivity contribution in [1.82, 2.24) is 14.2 Å². The number of methoxy groups -OCH3 is 1. The topological polar surface area (TPSA) is 79.8 Å². The van der Waals surface area contributed by atoms with Crippen LogP contribution >= 0.6 is 11.3 Å². The first-order valence-electron chi connectivity index (χ1n) is 7.06. The molecule has 9 heteroatoms. The van der Waals surface area contributed by atoms with E-state index in [0.29, 0.717) is 39.1 Å². The zero-order chi connectivity index (χ0) is 16.2. The van der Waals surface area contributed by atoms with Crippen molar-refractivity contribution in [3.05, 3.63) is 16.6 Å². The van der Waals surface area contributed by atoms with Crippen molar-refractivity contribution < 1.29 is 17.9 Å². The number of hydrogen-bond donors (Lipinski definition) is 0. The number of amides is 1. The van der Waals surface area contributed by atoms with Gasteiger partial charge >= 0.3 is 0 Å². The summed E-state index contributed by atoms with van der Waals surface area (Å²) in [5, 5.41) is 2.68. The maximum Gasteiger partial charge on any atom is 0.241 e. The molecule has 0 spiro atoms. The van der Waals surface area contributed by atoms with Gasteiger partial charge in [-0.3, -0.25) is 4.79 Å². The molecule has 1 saturated heterocycles. The second-order valence-corrected chi connectivity index (χ2v) is 8.12. The fraction of sp³-hybridized carbons (Fsp3) is 0.692. The van der Waals surface area contributed by atoms with Gasteiger partial charge in [0.25, 0.3) is 0 Å². The van der Waals surface area contributed by atoms with Crippen LogP contribution in [0, 0.1) is 0 Å². The van der Waals surface area contributed by atoms with Crippen molar-refractivity contribution in [2.75, 3.05) is 33.1 Å². The number of hydrogen-bond acceptors (Lipinski definition) is 6. The molecule has 0 aliphatic carbocycles. The van der Waals surface area contributed by atoms with E-state index in [-0.39, 0.29) is 5.91 Å². The van der Waals surface area contributed by atoms with Crippen LogP contribution in [0.25, 0.3) is 0 Å². The Morgan fingerprint density at radius 3 is 2.95 bits per heavy atom. The third-order valence-corrected chi connectivity index (χ3v) is 5.65. The van der Waals surface area contributed by atoms with Gasteiger partial charge in [-0.25, -0.2) is 13.4 Å². The molecule has 0 aromatic carbocycles. The van der Waals surface area contributed by atoms with Crippen LogP contribution in [-0.4, -0.2) is 67.6 Å². The summed E-state index contributed by atoms with van der Waals surface area (Å²) in [5.41, 5.74) is 0. The first kappa shape index (κ1) is 17.3. The second kappa shape index (κ2) is 7.49. The van der Waals surface area contributed by atoms with Crippen molar-refractivity contribution in [3.8, 4) is 0 Å². The van der Waals surface area contributed by atoms with E-state index >= 15 is 0 Å². The predicted molar refractivity (Wildman–Crippen MR) is 84.0 cm³/mol. The average molecular weight is 347 g/mol. The highest BCUT2D eigenvalue weighted by molar-refractivity contribution is 7.88. The maximum absolute atomic E-state index is 12.8. The van der Waals surface area contributed by atoms with E-state index in [2.05, 4.69) is 4.98 Å². The quantitative estimate of drug-likeness (QED) is 0.719. The molecule has 22 heavy (non-hydrogen) atoms. The van der Waals surface area contributed by atoms with Crippen LogP contribution in [0.1, 0.15) is 17.8 Å². The van der Waals surface area contributed by atoms with Gasteiger partial charge in [-0.05, 0) is 12.8 Å². The molecule has 1 amide bonds. The molecule has 1 fully saturated rings. The Morgan fingerprint density at radius 1 is 1.59 bits per heavy atom. The zero-order valence-corrected chi connectivity index (χ0v) is 14.4. The van der Waals surface area contributed by atoms with Gasteiger partial charge in [0.05, 0.1) is 19.4 Å². The van der Waals surface area contributed by atoms with E-state index in [1.807, 2.05) is 5.38 Å². The minimum Gasteiger partial charge on any atom is -0.383 e. The summed E-state index contributed by atoms with van der Waals surface area (Å²) in [6, 6.07) is -0.605. The Morgan fingerprint density at radius 2 is 2.36 bits per heavy atom. The molecule has 0 N–H and O–H groups in total. The van der Waals surface area contributed by atoms with Crippen molar-refractivity contribution in [2.24, 2.45) is 0 Å². The predicted octanol–water partition coefficient (Wildman–Crippen LogP) is 0.542. The Labute approximate surface area is 134 Å². The molecule has 1 aromatic rings. The first-order valence-corrected chi connectivity index (χ1v) is 9.79. The van der Waals surface area contributed by atoms with Crippen LogP contribution in [-0.2, 0) is 26.1 Å². The van der Waals surface area contributed by atoms with Crippen LogP contribution in [0.3, 0.4) is 0 Å². The summed E-state index contributed by atoms with van der Waals surface area (Å²) >= 11 is 1.47. The monoisotopic (exact) mass is 347 g/mol. The minimum absolute atomic E-state index is 0.171. The molecule has 1 aliphatic rings. The van der Waals surface area contributed by atoms with Crippen molar-refractivity contribution >= 4 is 27.3 Å². The second-order valence-electron chi connectivity index (χ2n) is 5.21. The zero-order valence-electron chi connectivity index (χ0n) is 12.8. The molecule has 1 aliphatic heterocycles. The van der Waals surface area contributed by atoms with E-state index in [1.165, 1.54) is 15.6 Å². The number of rotatable bonds is 7. The molecule has 2 rings (SSSR count). The van der Waals surface area contributed by atoms with Crippen LogP contribution in [0.5, 0.6) is 0 Å². The van der Waals surface area contributed by atoms with Crippen LogP contribution < -0.4 is 0 Å². The Kier molecular flexibility index (Phi) is 5.90. The number of nitrogens with zero attached hydrogens (tertiary/aromatic N) is 3. The molecule has 7 nitrogen and oxygen atoms in total. The lowest BCUT2D eigenvalue weighted by molar-refractivity contribution is -0.135. The molecule has 0 radical (unpaired) electrons. The maximum atomic E-state index is 12.8. The van der Waals surface area contributed by atoms with E-state index in [1.54, 1.807) is 18.2 Å². The average Bonchev–Trinajstić information content (AvgIpc) is 3.12. The lowest BCUT2D eigenvalue weighted by Crippen LogP contribution is -2.48. The van der Waals surface area contributed by atoms with Gasteiger partial charge in [-0.15, -0.1) is 11.3 Å². The molecule has 0 bridgehead atoms. The lowest BCUT2D eigenvalue weighted by atomic mass is 10.2. The Balaban J connectivity index is 2.13. The first-order chi connectivity index (χ1) is 10.4. The number of ether oxygens (including phenoxy) is 1. The SMILES string of the molecule is COCCN(Cc1nccs1)C(=O)[C@@H]1CCCN1S(C)(=O)=O. The highest BCUT2D eigenvalue weighted by atomic mass is 32.2. The number of carbonyl (C=O) groups is 1. The number of aromatic nitrogens is 1. The third kappa shape index (κ3) is 4.25. The summed E-state index contributed by atoms with van der Waals surface area (Å²) < 4.78 is 30.0. The van der Waals surface area contributed by atoms with Gasteiger partial charge in [-0.2, -0.15) is 4.31 Å². The molecule has 124 valence electrons. The van der Waals surface area contributed by atoms with Gasteiger partial charge in [0.2, 0.25) is 15.9 Å².